The molecule has 2 rings (SSSR count). The van der Waals surface area contributed by atoms with E-state index in [4.69, 9.17) is 15.2 Å². The Morgan fingerprint density at radius 2 is 1.76 bits per heavy atom. The molecule has 25 heavy (non-hydrogen) atoms. The lowest BCUT2D eigenvalue weighted by molar-refractivity contribution is 0.139. The minimum absolute atomic E-state index is 0.263. The minimum atomic E-state index is -0.433. The van der Waals surface area contributed by atoms with E-state index < -0.39 is 6.09 Å². The Hall–Kier alpha value is -2.53. The van der Waals surface area contributed by atoms with Gasteiger partial charge in [0.25, 0.3) is 0 Å². The molecule has 0 radical (unpaired) electrons. The molecule has 5 nitrogen and oxygen atoms in total. The van der Waals surface area contributed by atoms with Gasteiger partial charge in [-0.05, 0) is 49.1 Å². The molecule has 2 aromatic carbocycles. The van der Waals surface area contributed by atoms with Crippen LogP contribution < -0.4 is 15.8 Å². The lowest BCUT2D eigenvalue weighted by Crippen LogP contribution is -2.23. The van der Waals surface area contributed by atoms with Crippen LogP contribution in [0.1, 0.15) is 30.4 Å². The lowest BCUT2D eigenvalue weighted by atomic mass is 10.2. The zero-order chi connectivity index (χ0) is 17.7. The summed E-state index contributed by atoms with van der Waals surface area (Å²) in [4.78, 5) is 11.8. The predicted molar refractivity (Wildman–Crippen MR) is 98.3 cm³/mol. The van der Waals surface area contributed by atoms with E-state index in [1.165, 1.54) is 0 Å². The molecule has 134 valence electrons. The second-order valence-electron chi connectivity index (χ2n) is 5.76. The van der Waals surface area contributed by atoms with Gasteiger partial charge < -0.3 is 20.5 Å². The Balaban J connectivity index is 1.69. The Morgan fingerprint density at radius 3 is 2.56 bits per heavy atom. The third-order valence-corrected chi connectivity index (χ3v) is 3.67. The SMILES string of the molecule is NCCCCCOc1cccc(CNC(=O)OCc2ccccc2)c1. The minimum Gasteiger partial charge on any atom is -0.494 e. The maximum atomic E-state index is 11.8. The fourth-order valence-corrected chi connectivity index (χ4v) is 2.31. The highest BCUT2D eigenvalue weighted by Gasteiger charge is 2.04. The number of unbranched alkanes of at least 4 members (excludes halogenated alkanes) is 2. The molecule has 0 saturated heterocycles. The molecule has 0 aromatic heterocycles. The number of ether oxygens (including phenoxy) is 2. The first kappa shape index (κ1) is 18.8. The third kappa shape index (κ3) is 7.72. The largest absolute Gasteiger partial charge is 0.494 e. The van der Waals surface area contributed by atoms with Gasteiger partial charge in [0.2, 0.25) is 0 Å². The molecule has 0 aliphatic heterocycles. The molecule has 0 aliphatic rings. The van der Waals surface area contributed by atoms with Crippen molar-refractivity contribution in [2.75, 3.05) is 13.2 Å². The van der Waals surface area contributed by atoms with E-state index in [1.807, 2.05) is 54.6 Å². The lowest BCUT2D eigenvalue weighted by Gasteiger charge is -2.09. The molecule has 0 aliphatic carbocycles. The number of nitrogens with two attached hydrogens (primary N) is 1. The van der Waals surface area contributed by atoms with Gasteiger partial charge in [-0.25, -0.2) is 4.79 Å². The van der Waals surface area contributed by atoms with Gasteiger partial charge in [0.15, 0.2) is 0 Å². The van der Waals surface area contributed by atoms with E-state index in [0.29, 0.717) is 13.2 Å². The zero-order valence-corrected chi connectivity index (χ0v) is 14.4. The normalized spacial score (nSPS) is 10.3. The maximum Gasteiger partial charge on any atom is 0.407 e. The second kappa shape index (κ2) is 11.1. The smallest absolute Gasteiger partial charge is 0.407 e. The fourth-order valence-electron chi connectivity index (χ4n) is 2.31. The first-order valence-corrected chi connectivity index (χ1v) is 8.64. The average Bonchev–Trinajstić information content (AvgIpc) is 2.66. The Morgan fingerprint density at radius 1 is 0.960 bits per heavy atom. The second-order valence-corrected chi connectivity index (χ2v) is 5.76. The summed E-state index contributed by atoms with van der Waals surface area (Å²) in [5.41, 5.74) is 7.40. The van der Waals surface area contributed by atoms with E-state index in [9.17, 15) is 4.79 Å². The third-order valence-electron chi connectivity index (χ3n) is 3.67. The summed E-state index contributed by atoms with van der Waals surface area (Å²) < 4.78 is 10.9. The fraction of sp³-hybridized carbons (Fsp3) is 0.350. The van der Waals surface area contributed by atoms with E-state index in [2.05, 4.69) is 5.32 Å². The van der Waals surface area contributed by atoms with Crippen LogP contribution in [0.2, 0.25) is 0 Å². The van der Waals surface area contributed by atoms with Crippen LogP contribution in [0.25, 0.3) is 0 Å². The van der Waals surface area contributed by atoms with Crippen molar-refractivity contribution in [2.45, 2.75) is 32.4 Å². The summed E-state index contributed by atoms with van der Waals surface area (Å²) >= 11 is 0. The molecule has 3 N–H and O–H groups in total. The number of amides is 1. The molecule has 5 heteroatoms. The molecule has 0 unspecified atom stereocenters. The van der Waals surface area contributed by atoms with Crippen LogP contribution in [-0.4, -0.2) is 19.2 Å². The Bertz CT molecular complexity index is 632. The Kier molecular flexibility index (Phi) is 8.35. The van der Waals surface area contributed by atoms with Gasteiger partial charge in [-0.1, -0.05) is 42.5 Å². The number of alkyl carbamates (subject to hydrolysis) is 1. The van der Waals surface area contributed by atoms with Gasteiger partial charge in [0.05, 0.1) is 6.61 Å². The summed E-state index contributed by atoms with van der Waals surface area (Å²) in [6, 6.07) is 17.3. The number of hydrogen-bond donors (Lipinski definition) is 2. The molecule has 0 atom stereocenters. The van der Waals surface area contributed by atoms with Crippen LogP contribution in [0.5, 0.6) is 5.75 Å². The van der Waals surface area contributed by atoms with E-state index >= 15 is 0 Å². The molecule has 0 spiro atoms. The summed E-state index contributed by atoms with van der Waals surface area (Å²) in [6.45, 7) is 2.06. The topological polar surface area (TPSA) is 73.6 Å². The first-order valence-electron chi connectivity index (χ1n) is 8.64. The molecule has 0 heterocycles. The van der Waals surface area contributed by atoms with Crippen molar-refractivity contribution in [1.29, 1.82) is 0 Å². The van der Waals surface area contributed by atoms with Crippen LogP contribution >= 0.6 is 0 Å². The van der Waals surface area contributed by atoms with Crippen LogP contribution in [-0.2, 0) is 17.9 Å². The molecular formula is C20H26N2O3. The van der Waals surface area contributed by atoms with Crippen molar-refractivity contribution < 1.29 is 14.3 Å². The van der Waals surface area contributed by atoms with Crippen molar-refractivity contribution in [2.24, 2.45) is 5.73 Å². The summed E-state index contributed by atoms with van der Waals surface area (Å²) in [5.74, 6) is 0.810. The van der Waals surface area contributed by atoms with Gasteiger partial charge in [-0.3, -0.25) is 0 Å². The van der Waals surface area contributed by atoms with Crippen molar-refractivity contribution in [3.63, 3.8) is 0 Å². The van der Waals surface area contributed by atoms with E-state index in [-0.39, 0.29) is 6.61 Å². The molecule has 2 aromatic rings. The van der Waals surface area contributed by atoms with Crippen LogP contribution in [0.4, 0.5) is 4.79 Å². The first-order chi connectivity index (χ1) is 12.3. The number of carbonyl (C=O) groups excluding carboxylic acids is 1. The number of benzene rings is 2. The predicted octanol–water partition coefficient (Wildman–Crippen LogP) is 3.62. The molecule has 0 fully saturated rings. The standard InChI is InChI=1S/C20H26N2O3/c21-12-5-2-6-13-24-19-11-7-10-18(14-19)15-22-20(23)25-16-17-8-3-1-4-9-17/h1,3-4,7-11,14H,2,5-6,12-13,15-16,21H2,(H,22,23). The highest BCUT2D eigenvalue weighted by Crippen LogP contribution is 2.14. The van der Waals surface area contributed by atoms with E-state index in [1.54, 1.807) is 0 Å². The van der Waals surface area contributed by atoms with Crippen molar-refractivity contribution in [3.05, 3.63) is 65.7 Å². The molecule has 0 saturated carbocycles. The van der Waals surface area contributed by atoms with Crippen LogP contribution in [0.3, 0.4) is 0 Å². The van der Waals surface area contributed by atoms with Crippen molar-refractivity contribution >= 4 is 6.09 Å². The highest BCUT2D eigenvalue weighted by molar-refractivity contribution is 5.67. The molecular weight excluding hydrogens is 316 g/mol. The van der Waals surface area contributed by atoms with Crippen molar-refractivity contribution in [3.8, 4) is 5.75 Å². The number of rotatable bonds is 10. The average molecular weight is 342 g/mol. The van der Waals surface area contributed by atoms with Crippen molar-refractivity contribution in [1.82, 2.24) is 5.32 Å². The summed E-state index contributed by atoms with van der Waals surface area (Å²) in [7, 11) is 0. The number of hydrogen-bond acceptors (Lipinski definition) is 4. The quantitative estimate of drug-likeness (QED) is 0.647. The molecule has 0 bridgehead atoms. The number of nitrogens with one attached hydrogen (secondary N) is 1. The maximum absolute atomic E-state index is 11.8. The summed E-state index contributed by atoms with van der Waals surface area (Å²) in [6.07, 6.45) is 2.66. The Labute approximate surface area is 149 Å². The summed E-state index contributed by atoms with van der Waals surface area (Å²) in [5, 5.41) is 2.75. The van der Waals surface area contributed by atoms with Crippen LogP contribution in [0, 0.1) is 0 Å². The van der Waals surface area contributed by atoms with Gasteiger partial charge >= 0.3 is 6.09 Å². The monoisotopic (exact) mass is 342 g/mol. The van der Waals surface area contributed by atoms with Gasteiger partial charge in [-0.15, -0.1) is 0 Å². The van der Waals surface area contributed by atoms with Gasteiger partial charge in [0.1, 0.15) is 12.4 Å². The van der Waals surface area contributed by atoms with Gasteiger partial charge in [0, 0.05) is 6.54 Å². The number of carbonyl (C=O) groups is 1. The van der Waals surface area contributed by atoms with Crippen LogP contribution in [0.15, 0.2) is 54.6 Å². The van der Waals surface area contributed by atoms with E-state index in [0.717, 1.165) is 42.7 Å². The van der Waals surface area contributed by atoms with Gasteiger partial charge in [-0.2, -0.15) is 0 Å². The zero-order valence-electron chi connectivity index (χ0n) is 14.4. The highest BCUT2D eigenvalue weighted by atomic mass is 16.5. The molecule has 1 amide bonds.